The largest absolute Gasteiger partial charge is 0.324 e. The molecule has 0 radical (unpaired) electrons. The lowest BCUT2D eigenvalue weighted by Gasteiger charge is -2.23. The van der Waals surface area contributed by atoms with Crippen molar-refractivity contribution in [2.45, 2.75) is 39.2 Å². The Kier molecular flexibility index (Phi) is 3.11. The quantitative estimate of drug-likeness (QED) is 0.783. The first-order valence-electron chi connectivity index (χ1n) is 6.00. The molecule has 0 aliphatic heterocycles. The molecule has 0 amide bonds. The van der Waals surface area contributed by atoms with Crippen LogP contribution in [0.3, 0.4) is 0 Å². The second-order valence-corrected chi connectivity index (χ2v) is 5.01. The SMILES string of the molecule is Cc1cccc(C(N)C2CCCC2C)c1. The Labute approximate surface area is 92.7 Å². The van der Waals surface area contributed by atoms with Crippen molar-refractivity contribution in [1.29, 1.82) is 0 Å². The Bertz CT molecular complexity index is 332. The summed E-state index contributed by atoms with van der Waals surface area (Å²) in [6.45, 7) is 4.47. The van der Waals surface area contributed by atoms with E-state index in [1.807, 2.05) is 0 Å². The number of aryl methyl sites for hydroxylation is 1. The van der Waals surface area contributed by atoms with Gasteiger partial charge < -0.3 is 5.73 Å². The standard InChI is InChI=1S/C14H21N/c1-10-5-3-7-12(9-10)14(15)13-8-4-6-11(13)2/h3,5,7,9,11,13-14H,4,6,8,15H2,1-2H3. The molecule has 2 N–H and O–H groups in total. The third-order valence-electron chi connectivity index (χ3n) is 3.82. The normalized spacial score (nSPS) is 27.9. The molecule has 3 unspecified atom stereocenters. The number of hydrogen-bond donors (Lipinski definition) is 1. The lowest BCUT2D eigenvalue weighted by Crippen LogP contribution is -2.23. The van der Waals surface area contributed by atoms with Crippen molar-refractivity contribution in [2.75, 3.05) is 0 Å². The van der Waals surface area contributed by atoms with Gasteiger partial charge in [-0.2, -0.15) is 0 Å². The van der Waals surface area contributed by atoms with E-state index in [1.54, 1.807) is 0 Å². The van der Waals surface area contributed by atoms with Crippen molar-refractivity contribution in [3.63, 3.8) is 0 Å². The maximum Gasteiger partial charge on any atom is 0.0326 e. The van der Waals surface area contributed by atoms with Crippen LogP contribution in [0.25, 0.3) is 0 Å². The minimum Gasteiger partial charge on any atom is -0.324 e. The smallest absolute Gasteiger partial charge is 0.0326 e. The zero-order valence-corrected chi connectivity index (χ0v) is 9.74. The molecule has 0 spiro atoms. The third-order valence-corrected chi connectivity index (χ3v) is 3.82. The predicted molar refractivity (Wildman–Crippen MR) is 64.6 cm³/mol. The van der Waals surface area contributed by atoms with E-state index in [9.17, 15) is 0 Å². The fourth-order valence-corrected chi connectivity index (χ4v) is 2.83. The Morgan fingerprint density at radius 3 is 2.73 bits per heavy atom. The first kappa shape index (κ1) is 10.7. The maximum atomic E-state index is 6.36. The van der Waals surface area contributed by atoms with Crippen LogP contribution in [0.1, 0.15) is 43.4 Å². The molecule has 1 heteroatoms. The van der Waals surface area contributed by atoms with Crippen LogP contribution in [-0.4, -0.2) is 0 Å². The van der Waals surface area contributed by atoms with Gasteiger partial charge in [0.15, 0.2) is 0 Å². The molecule has 15 heavy (non-hydrogen) atoms. The van der Waals surface area contributed by atoms with E-state index in [1.165, 1.54) is 30.4 Å². The summed E-state index contributed by atoms with van der Waals surface area (Å²) in [4.78, 5) is 0. The fourth-order valence-electron chi connectivity index (χ4n) is 2.83. The van der Waals surface area contributed by atoms with Gasteiger partial charge in [-0.1, -0.05) is 49.6 Å². The van der Waals surface area contributed by atoms with Crippen LogP contribution in [0.4, 0.5) is 0 Å². The van der Waals surface area contributed by atoms with Gasteiger partial charge in [0.25, 0.3) is 0 Å². The van der Waals surface area contributed by atoms with E-state index in [-0.39, 0.29) is 6.04 Å². The minimum absolute atomic E-state index is 0.238. The van der Waals surface area contributed by atoms with Crippen molar-refractivity contribution in [2.24, 2.45) is 17.6 Å². The Morgan fingerprint density at radius 1 is 1.33 bits per heavy atom. The van der Waals surface area contributed by atoms with Gasteiger partial charge in [-0.3, -0.25) is 0 Å². The molecule has 1 aliphatic rings. The van der Waals surface area contributed by atoms with Crippen LogP contribution in [0.5, 0.6) is 0 Å². The van der Waals surface area contributed by atoms with Crippen LogP contribution >= 0.6 is 0 Å². The summed E-state index contributed by atoms with van der Waals surface area (Å²) < 4.78 is 0. The van der Waals surface area contributed by atoms with Crippen LogP contribution in [0.2, 0.25) is 0 Å². The molecule has 0 aromatic heterocycles. The third kappa shape index (κ3) is 2.23. The average molecular weight is 203 g/mol. The molecule has 1 saturated carbocycles. The molecule has 1 aliphatic carbocycles. The highest BCUT2D eigenvalue weighted by atomic mass is 14.7. The average Bonchev–Trinajstić information content (AvgIpc) is 2.63. The van der Waals surface area contributed by atoms with Crippen LogP contribution in [0, 0.1) is 18.8 Å². The predicted octanol–water partition coefficient (Wildman–Crippen LogP) is 3.43. The molecule has 1 aromatic carbocycles. The van der Waals surface area contributed by atoms with Crippen molar-refractivity contribution < 1.29 is 0 Å². The summed E-state index contributed by atoms with van der Waals surface area (Å²) in [5.41, 5.74) is 8.99. The van der Waals surface area contributed by atoms with E-state index < -0.39 is 0 Å². The van der Waals surface area contributed by atoms with Gasteiger partial charge in [0, 0.05) is 6.04 Å². The molecular weight excluding hydrogens is 182 g/mol. The number of hydrogen-bond acceptors (Lipinski definition) is 1. The van der Waals surface area contributed by atoms with Crippen LogP contribution in [-0.2, 0) is 0 Å². The fraction of sp³-hybridized carbons (Fsp3) is 0.571. The molecule has 0 saturated heterocycles. The number of nitrogens with two attached hydrogens (primary N) is 1. The van der Waals surface area contributed by atoms with E-state index >= 15 is 0 Å². The highest BCUT2D eigenvalue weighted by molar-refractivity contribution is 5.25. The Balaban J connectivity index is 2.16. The molecule has 1 nitrogen and oxygen atoms in total. The second kappa shape index (κ2) is 4.36. The lowest BCUT2D eigenvalue weighted by molar-refractivity contribution is 0.351. The summed E-state index contributed by atoms with van der Waals surface area (Å²) >= 11 is 0. The number of benzene rings is 1. The summed E-state index contributed by atoms with van der Waals surface area (Å²) in [5.74, 6) is 1.48. The second-order valence-electron chi connectivity index (χ2n) is 5.01. The summed E-state index contributed by atoms with van der Waals surface area (Å²) in [7, 11) is 0. The first-order valence-corrected chi connectivity index (χ1v) is 6.00. The highest BCUT2D eigenvalue weighted by Gasteiger charge is 2.29. The first-order chi connectivity index (χ1) is 7.18. The Morgan fingerprint density at radius 2 is 2.13 bits per heavy atom. The summed E-state index contributed by atoms with van der Waals surface area (Å²) in [6.07, 6.45) is 4.01. The van der Waals surface area contributed by atoms with Gasteiger partial charge in [0.2, 0.25) is 0 Å². The molecular formula is C14H21N. The highest BCUT2D eigenvalue weighted by Crippen LogP contribution is 2.38. The van der Waals surface area contributed by atoms with Gasteiger partial charge in [-0.25, -0.2) is 0 Å². The van der Waals surface area contributed by atoms with E-state index in [2.05, 4.69) is 38.1 Å². The van der Waals surface area contributed by atoms with Gasteiger partial charge in [0.05, 0.1) is 0 Å². The van der Waals surface area contributed by atoms with Crippen molar-refractivity contribution >= 4 is 0 Å². The van der Waals surface area contributed by atoms with Gasteiger partial charge in [0.1, 0.15) is 0 Å². The van der Waals surface area contributed by atoms with Gasteiger partial charge in [-0.05, 0) is 30.7 Å². The van der Waals surface area contributed by atoms with Gasteiger partial charge >= 0.3 is 0 Å². The molecule has 1 aromatic rings. The van der Waals surface area contributed by atoms with Gasteiger partial charge in [-0.15, -0.1) is 0 Å². The summed E-state index contributed by atoms with van der Waals surface area (Å²) in [6, 6.07) is 8.89. The lowest BCUT2D eigenvalue weighted by atomic mass is 9.86. The minimum atomic E-state index is 0.238. The van der Waals surface area contributed by atoms with E-state index in [4.69, 9.17) is 5.73 Å². The molecule has 1 fully saturated rings. The van der Waals surface area contributed by atoms with E-state index in [0.29, 0.717) is 5.92 Å². The number of rotatable bonds is 2. The monoisotopic (exact) mass is 203 g/mol. The van der Waals surface area contributed by atoms with E-state index in [0.717, 1.165) is 5.92 Å². The Hall–Kier alpha value is -0.820. The summed E-state index contributed by atoms with van der Waals surface area (Å²) in [5, 5.41) is 0. The molecule has 0 bridgehead atoms. The van der Waals surface area contributed by atoms with Crippen molar-refractivity contribution in [3.05, 3.63) is 35.4 Å². The zero-order valence-electron chi connectivity index (χ0n) is 9.74. The topological polar surface area (TPSA) is 26.0 Å². The van der Waals surface area contributed by atoms with Crippen molar-refractivity contribution in [3.8, 4) is 0 Å². The van der Waals surface area contributed by atoms with Crippen LogP contribution < -0.4 is 5.73 Å². The molecule has 0 heterocycles. The zero-order chi connectivity index (χ0) is 10.8. The van der Waals surface area contributed by atoms with Crippen LogP contribution in [0.15, 0.2) is 24.3 Å². The van der Waals surface area contributed by atoms with Crippen molar-refractivity contribution in [1.82, 2.24) is 0 Å². The molecule has 3 atom stereocenters. The molecule has 82 valence electrons. The maximum absolute atomic E-state index is 6.36. The molecule has 2 rings (SSSR count).